The predicted molar refractivity (Wildman–Crippen MR) is 310 cm³/mol. The number of esters is 1. The van der Waals surface area contributed by atoms with E-state index in [0.717, 1.165) is 30.5 Å². The fourth-order valence-corrected chi connectivity index (χ4v) is 9.40. The summed E-state index contributed by atoms with van der Waals surface area (Å²) in [6, 6.07) is 38.0. The highest BCUT2D eigenvalue weighted by Crippen LogP contribution is 2.46. The summed E-state index contributed by atoms with van der Waals surface area (Å²) in [4.78, 5) is 114. The quantitative estimate of drug-likeness (QED) is 0.0487. The highest BCUT2D eigenvalue weighted by atomic mass is 16.5. The van der Waals surface area contributed by atoms with Gasteiger partial charge in [-0.25, -0.2) is 9.79 Å². The molecule has 4 heterocycles. The van der Waals surface area contributed by atoms with Gasteiger partial charge in [0, 0.05) is 54.6 Å². The smallest absolute Gasteiger partial charge is 0.321 e. The Labute approximate surface area is 470 Å². The number of benzene rings is 4. The molecule has 3 aliphatic rings. The third kappa shape index (κ3) is 14.0. The number of anilines is 5. The Kier molecular flexibility index (Phi) is 18.4. The molecule has 81 heavy (non-hydrogen) atoms. The van der Waals surface area contributed by atoms with Crippen LogP contribution in [0.1, 0.15) is 82.0 Å². The van der Waals surface area contributed by atoms with Crippen LogP contribution in [0.15, 0.2) is 156 Å². The Hall–Kier alpha value is -9.23. The van der Waals surface area contributed by atoms with Crippen LogP contribution in [0.5, 0.6) is 0 Å². The van der Waals surface area contributed by atoms with Crippen LogP contribution in [-0.2, 0) is 39.9 Å². The van der Waals surface area contributed by atoms with Gasteiger partial charge in [0.2, 0.25) is 12.1 Å². The molecular formula is C62H66N10O9. The highest BCUT2D eigenvalue weighted by molar-refractivity contribution is 6.22. The number of nitrogens with zero attached hydrogens (tertiary/aromatic N) is 6. The topological polar surface area (TPSA) is 254 Å². The predicted octanol–water partition coefficient (Wildman–Crippen LogP) is 7.82. The fourth-order valence-electron chi connectivity index (χ4n) is 9.40. The first-order valence-corrected chi connectivity index (χ1v) is 26.8. The summed E-state index contributed by atoms with van der Waals surface area (Å²) < 4.78 is 5.10. The molecule has 2 aromatic heterocycles. The van der Waals surface area contributed by atoms with Crippen molar-refractivity contribution in [3.8, 4) is 0 Å². The second-order valence-electron chi connectivity index (χ2n) is 20.8. The normalized spacial score (nSPS) is 16.5. The number of amides is 5. The molecule has 1 saturated carbocycles. The minimum absolute atomic E-state index is 0.100. The van der Waals surface area contributed by atoms with Crippen molar-refractivity contribution in [1.82, 2.24) is 15.3 Å². The molecule has 0 unspecified atom stereocenters. The summed E-state index contributed by atoms with van der Waals surface area (Å²) in [7, 11) is 1.76. The molecule has 19 heteroatoms. The van der Waals surface area contributed by atoms with Crippen LogP contribution < -0.4 is 31.1 Å². The lowest BCUT2D eigenvalue weighted by molar-refractivity contribution is -0.146. The molecule has 0 bridgehead atoms. The summed E-state index contributed by atoms with van der Waals surface area (Å²) in [5, 5.41) is 21.4. The molecule has 6 aromatic rings. The molecule has 3 atom stereocenters. The van der Waals surface area contributed by atoms with Crippen molar-refractivity contribution >= 4 is 81.1 Å². The average molecular weight is 1100 g/mol. The van der Waals surface area contributed by atoms with Crippen LogP contribution in [-0.4, -0.2) is 113 Å². The van der Waals surface area contributed by atoms with Crippen molar-refractivity contribution in [2.75, 3.05) is 59.1 Å². The first-order chi connectivity index (χ1) is 38.9. The first kappa shape index (κ1) is 57.9. The number of carbonyl (C=O) groups is 7. The number of para-hydroxylation sites is 2. The van der Waals surface area contributed by atoms with Crippen LogP contribution in [0.4, 0.5) is 33.2 Å². The van der Waals surface area contributed by atoms with E-state index in [1.54, 1.807) is 119 Å². The van der Waals surface area contributed by atoms with E-state index in [1.165, 1.54) is 16.7 Å². The number of aliphatic hydroxyl groups excluding tert-OH is 1. The number of hydrogen-bond acceptors (Lipinski definition) is 14. The van der Waals surface area contributed by atoms with Gasteiger partial charge in [-0.15, -0.1) is 0 Å². The SMILES string of the molecule is CCc1cccc(NC(=O)C[C@@H]2N=C(c3ccccn3)c3ccccc3N(CC(=O)[C@](C)(CO)C3CC3)C2=O)c1.CNc1cccc(NC(=O)N[C@@H]2N=C(c3ccccn3)c3ccccc3N(CC(=O)C(C)(C)COC(C)=O)C2=O)c1. The van der Waals surface area contributed by atoms with Gasteiger partial charge in [0.1, 0.15) is 12.6 Å². The number of benzodiazepines with no additional fused rings is 2. The number of aliphatic hydroxyl groups is 1. The molecule has 2 aliphatic heterocycles. The third-order valence-electron chi connectivity index (χ3n) is 14.4. The number of aryl methyl sites for hydroxylation is 1. The highest BCUT2D eigenvalue weighted by Gasteiger charge is 2.48. The zero-order chi connectivity index (χ0) is 57.8. The summed E-state index contributed by atoms with van der Waals surface area (Å²) in [5.74, 6) is -2.36. The Morgan fingerprint density at radius 3 is 1.79 bits per heavy atom. The molecule has 1 aliphatic carbocycles. The minimum atomic E-state index is -1.38. The Balaban J connectivity index is 0.000000212. The maximum atomic E-state index is 14.1. The van der Waals surface area contributed by atoms with Crippen molar-refractivity contribution in [3.05, 3.63) is 174 Å². The van der Waals surface area contributed by atoms with Gasteiger partial charge in [0.05, 0.1) is 71.1 Å². The van der Waals surface area contributed by atoms with Crippen molar-refractivity contribution in [2.45, 2.75) is 72.5 Å². The van der Waals surface area contributed by atoms with Gasteiger partial charge in [0.15, 0.2) is 11.6 Å². The average Bonchev–Trinajstić information content (AvgIpc) is 4.52. The monoisotopic (exact) mass is 1090 g/mol. The van der Waals surface area contributed by atoms with E-state index >= 15 is 0 Å². The van der Waals surface area contributed by atoms with Crippen molar-refractivity contribution in [1.29, 1.82) is 0 Å². The first-order valence-electron chi connectivity index (χ1n) is 26.8. The van der Waals surface area contributed by atoms with Crippen LogP contribution in [0.2, 0.25) is 0 Å². The number of pyridine rings is 2. The molecule has 4 aromatic carbocycles. The zero-order valence-electron chi connectivity index (χ0n) is 46.1. The molecule has 418 valence electrons. The fraction of sp³-hybridized carbons (Fsp3) is 0.306. The number of aromatic nitrogens is 2. The second-order valence-corrected chi connectivity index (χ2v) is 20.8. The van der Waals surface area contributed by atoms with Gasteiger partial charge in [0.25, 0.3) is 11.8 Å². The van der Waals surface area contributed by atoms with Crippen LogP contribution >= 0.6 is 0 Å². The van der Waals surface area contributed by atoms with E-state index in [2.05, 4.69) is 36.2 Å². The standard InChI is InChI=1S/C32H34N4O4.C30H32N6O5/c1-3-21-9-8-10-23(17-21)34-29(39)18-26-31(40)36(19-28(38)32(2,20-37)22-14-15-22)27-13-5-4-11-24(27)30(35-26)25-12-6-7-16-33-25;1-19(37)41-18-30(2,3)25(38)17-36-24-14-6-5-12-22(24)26(23-13-7-8-15-32-23)34-27(28(36)39)35-29(40)33-21-11-9-10-20(16-21)31-4/h4-13,16-17,22,26,37H,3,14-15,18-20H2,1-2H3,(H,34,39);5-16,27,31H,17-18H2,1-4H3,(H2,33,35,40)/t26-,32+;27-/m00/s1. The van der Waals surface area contributed by atoms with Gasteiger partial charge < -0.3 is 40.9 Å². The minimum Gasteiger partial charge on any atom is -0.465 e. The van der Waals surface area contributed by atoms with Gasteiger partial charge in [-0.2, -0.15) is 0 Å². The number of nitrogens with one attached hydrogen (secondary N) is 4. The van der Waals surface area contributed by atoms with Crippen molar-refractivity contribution in [3.63, 3.8) is 0 Å². The molecule has 19 nitrogen and oxygen atoms in total. The van der Waals surface area contributed by atoms with E-state index in [1.807, 2.05) is 61.5 Å². The Morgan fingerprint density at radius 1 is 0.667 bits per heavy atom. The maximum absolute atomic E-state index is 14.1. The number of urea groups is 1. The number of fused-ring (bicyclic) bond motifs is 2. The van der Waals surface area contributed by atoms with E-state index in [4.69, 9.17) is 9.73 Å². The number of hydrogen-bond donors (Lipinski definition) is 5. The number of ketones is 2. The molecule has 0 spiro atoms. The maximum Gasteiger partial charge on any atom is 0.321 e. The van der Waals surface area contributed by atoms with Gasteiger partial charge >= 0.3 is 12.0 Å². The summed E-state index contributed by atoms with van der Waals surface area (Å²) >= 11 is 0. The Bertz CT molecular complexity index is 3380. The Morgan fingerprint density at radius 2 is 1.22 bits per heavy atom. The molecular weight excluding hydrogens is 1030 g/mol. The van der Waals surface area contributed by atoms with Crippen LogP contribution in [0.25, 0.3) is 0 Å². The van der Waals surface area contributed by atoms with E-state index in [0.29, 0.717) is 56.7 Å². The summed E-state index contributed by atoms with van der Waals surface area (Å²) in [6.45, 7) is 7.39. The summed E-state index contributed by atoms with van der Waals surface area (Å²) in [5.41, 5.74) is 5.13. The second kappa shape index (κ2) is 25.7. The lowest BCUT2D eigenvalue weighted by Crippen LogP contribution is -2.51. The number of Topliss-reactive ketones (excluding diaryl/α,β-unsaturated/α-hetero) is 2. The van der Waals surface area contributed by atoms with Gasteiger partial charge in [-0.1, -0.05) is 80.6 Å². The largest absolute Gasteiger partial charge is 0.465 e. The zero-order valence-corrected chi connectivity index (χ0v) is 46.1. The number of carbonyl (C=O) groups excluding carboxylic acids is 7. The van der Waals surface area contributed by atoms with E-state index in [-0.39, 0.29) is 56.1 Å². The molecule has 1 fully saturated rings. The molecule has 9 rings (SSSR count). The van der Waals surface area contributed by atoms with Crippen molar-refractivity contribution < 1.29 is 43.4 Å². The molecule has 5 amide bonds. The van der Waals surface area contributed by atoms with Gasteiger partial charge in [-0.05, 0) is 111 Å². The number of aliphatic imine (C=N–C) groups is 2. The molecule has 0 radical (unpaired) electrons. The number of rotatable bonds is 19. The van der Waals surface area contributed by atoms with Crippen LogP contribution in [0, 0.1) is 16.7 Å². The van der Waals surface area contributed by atoms with Crippen molar-refractivity contribution in [2.24, 2.45) is 26.7 Å². The van der Waals surface area contributed by atoms with E-state index < -0.39 is 46.9 Å². The number of ether oxygens (including phenoxy) is 1. The molecule has 0 saturated heterocycles. The van der Waals surface area contributed by atoms with Crippen LogP contribution in [0.3, 0.4) is 0 Å². The lowest BCUT2D eigenvalue weighted by Gasteiger charge is -2.31. The summed E-state index contributed by atoms with van der Waals surface area (Å²) in [6.07, 6.45) is 4.26. The van der Waals surface area contributed by atoms with E-state index in [9.17, 15) is 38.7 Å². The van der Waals surface area contributed by atoms with Gasteiger partial charge in [-0.3, -0.25) is 43.7 Å². The molecule has 5 N–H and O–H groups in total. The lowest BCUT2D eigenvalue weighted by atomic mass is 9.81. The third-order valence-corrected chi connectivity index (χ3v) is 14.4.